The number of hydrogen-bond acceptors (Lipinski definition) is 4. The lowest BCUT2D eigenvalue weighted by atomic mass is 10.1. The smallest absolute Gasteiger partial charge is 0.264 e. The lowest BCUT2D eigenvalue weighted by Gasteiger charge is -2.32. The number of nitrogens with one attached hydrogen (secondary N) is 1. The third-order valence-corrected chi connectivity index (χ3v) is 8.46. The molecular formula is C28H30Cl2FN3O4S. The molecule has 3 rings (SSSR count). The highest BCUT2D eigenvalue weighted by Crippen LogP contribution is 2.26. The van der Waals surface area contributed by atoms with Crippen LogP contribution in [0.1, 0.15) is 31.9 Å². The molecule has 0 saturated heterocycles. The number of rotatable bonds is 10. The molecule has 39 heavy (non-hydrogen) atoms. The van der Waals surface area contributed by atoms with Crippen LogP contribution in [-0.4, -0.2) is 43.8 Å². The third kappa shape index (κ3) is 7.71. The predicted octanol–water partition coefficient (Wildman–Crippen LogP) is 5.58. The fourth-order valence-electron chi connectivity index (χ4n) is 3.80. The fraction of sp³-hybridized carbons (Fsp3) is 0.286. The zero-order chi connectivity index (χ0) is 28.9. The van der Waals surface area contributed by atoms with Gasteiger partial charge in [-0.05, 0) is 81.8 Å². The summed E-state index contributed by atoms with van der Waals surface area (Å²) in [6.45, 7) is 6.29. The van der Waals surface area contributed by atoms with Crippen molar-refractivity contribution >= 4 is 50.7 Å². The van der Waals surface area contributed by atoms with Gasteiger partial charge in [0.1, 0.15) is 18.4 Å². The number of hydrogen-bond donors (Lipinski definition) is 1. The number of anilines is 1. The summed E-state index contributed by atoms with van der Waals surface area (Å²) in [5.74, 6) is -1.61. The summed E-state index contributed by atoms with van der Waals surface area (Å²) in [6.07, 6.45) is 0. The SMILES string of the molecule is Cc1ccc(S(=O)(=O)N(CC(=O)N(Cc2ccc(Cl)c(Cl)c2)C(C)C(=O)NC(C)C)c2ccc(F)cc2)cc1. The summed E-state index contributed by atoms with van der Waals surface area (Å²) in [4.78, 5) is 28.0. The van der Waals surface area contributed by atoms with Crippen molar-refractivity contribution in [3.05, 3.63) is 93.7 Å². The molecule has 1 N–H and O–H groups in total. The van der Waals surface area contributed by atoms with E-state index in [2.05, 4.69) is 5.32 Å². The van der Waals surface area contributed by atoms with Crippen molar-refractivity contribution in [2.45, 2.75) is 51.2 Å². The van der Waals surface area contributed by atoms with E-state index in [0.29, 0.717) is 10.6 Å². The summed E-state index contributed by atoms with van der Waals surface area (Å²) in [5, 5.41) is 3.39. The van der Waals surface area contributed by atoms with Crippen LogP contribution in [0.2, 0.25) is 10.0 Å². The largest absolute Gasteiger partial charge is 0.352 e. The van der Waals surface area contributed by atoms with Crippen LogP contribution in [0.4, 0.5) is 10.1 Å². The van der Waals surface area contributed by atoms with Gasteiger partial charge in [-0.15, -0.1) is 0 Å². The standard InChI is InChI=1S/C28H30Cl2FN3O4S/c1-18(2)32-28(36)20(4)33(16-21-7-14-25(29)26(30)15-21)27(35)17-34(23-10-8-22(31)9-11-23)39(37,38)24-12-5-19(3)6-13-24/h5-15,18,20H,16-17H2,1-4H3,(H,32,36). The molecule has 0 spiro atoms. The third-order valence-electron chi connectivity index (χ3n) is 5.94. The van der Waals surface area contributed by atoms with Gasteiger partial charge in [0.2, 0.25) is 11.8 Å². The van der Waals surface area contributed by atoms with E-state index in [1.807, 2.05) is 6.92 Å². The van der Waals surface area contributed by atoms with E-state index in [9.17, 15) is 22.4 Å². The Bertz CT molecular complexity index is 1430. The maximum Gasteiger partial charge on any atom is 0.264 e. The van der Waals surface area contributed by atoms with Crippen LogP contribution in [0.3, 0.4) is 0 Å². The van der Waals surface area contributed by atoms with E-state index >= 15 is 0 Å². The van der Waals surface area contributed by atoms with E-state index in [0.717, 1.165) is 22.0 Å². The molecule has 0 radical (unpaired) electrons. The van der Waals surface area contributed by atoms with Crippen molar-refractivity contribution in [2.24, 2.45) is 0 Å². The number of halogens is 3. The average molecular weight is 595 g/mol. The number of sulfonamides is 1. The van der Waals surface area contributed by atoms with Crippen molar-refractivity contribution in [2.75, 3.05) is 10.8 Å². The molecule has 1 atom stereocenters. The summed E-state index contributed by atoms with van der Waals surface area (Å²) in [6, 6.07) is 14.7. The monoisotopic (exact) mass is 593 g/mol. The first-order valence-corrected chi connectivity index (χ1v) is 14.4. The maximum absolute atomic E-state index is 13.8. The van der Waals surface area contributed by atoms with Gasteiger partial charge in [-0.25, -0.2) is 12.8 Å². The molecule has 3 aromatic carbocycles. The van der Waals surface area contributed by atoms with E-state index in [-0.39, 0.29) is 28.2 Å². The first kappa shape index (κ1) is 30.4. The number of nitrogens with zero attached hydrogens (tertiary/aromatic N) is 2. The summed E-state index contributed by atoms with van der Waals surface area (Å²) in [5.41, 5.74) is 1.55. The van der Waals surface area contributed by atoms with Crippen molar-refractivity contribution in [3.63, 3.8) is 0 Å². The van der Waals surface area contributed by atoms with Crippen LogP contribution in [0.25, 0.3) is 0 Å². The predicted molar refractivity (Wildman–Crippen MR) is 152 cm³/mol. The van der Waals surface area contributed by atoms with E-state index in [4.69, 9.17) is 23.2 Å². The fourth-order valence-corrected chi connectivity index (χ4v) is 5.53. The van der Waals surface area contributed by atoms with E-state index in [1.165, 1.54) is 29.2 Å². The molecule has 0 aliphatic heterocycles. The van der Waals surface area contributed by atoms with Gasteiger partial charge in [-0.1, -0.05) is 47.0 Å². The maximum atomic E-state index is 13.8. The molecule has 7 nitrogen and oxygen atoms in total. The van der Waals surface area contributed by atoms with Crippen molar-refractivity contribution in [1.29, 1.82) is 0 Å². The van der Waals surface area contributed by atoms with Gasteiger partial charge >= 0.3 is 0 Å². The Kier molecular flexibility index (Phi) is 9.98. The molecule has 0 fully saturated rings. The van der Waals surface area contributed by atoms with Gasteiger partial charge in [-0.2, -0.15) is 0 Å². The Morgan fingerprint density at radius 2 is 1.54 bits per heavy atom. The molecule has 11 heteroatoms. The number of aryl methyl sites for hydroxylation is 1. The van der Waals surface area contributed by atoms with Gasteiger partial charge in [0.15, 0.2) is 0 Å². The summed E-state index contributed by atoms with van der Waals surface area (Å²) in [7, 11) is -4.24. The van der Waals surface area contributed by atoms with E-state index in [1.54, 1.807) is 51.1 Å². The number of carbonyl (C=O) groups excluding carboxylic acids is 2. The van der Waals surface area contributed by atoms with Crippen molar-refractivity contribution in [3.8, 4) is 0 Å². The Morgan fingerprint density at radius 3 is 2.10 bits per heavy atom. The quantitative estimate of drug-likeness (QED) is 0.332. The highest BCUT2D eigenvalue weighted by Gasteiger charge is 2.32. The van der Waals surface area contributed by atoms with Crippen molar-refractivity contribution < 1.29 is 22.4 Å². The van der Waals surface area contributed by atoms with Gasteiger partial charge in [-0.3, -0.25) is 13.9 Å². The van der Waals surface area contributed by atoms with Crippen LogP contribution >= 0.6 is 23.2 Å². The lowest BCUT2D eigenvalue weighted by molar-refractivity contribution is -0.139. The molecule has 0 aliphatic carbocycles. The molecule has 2 amide bonds. The minimum absolute atomic E-state index is 0.0353. The van der Waals surface area contributed by atoms with Crippen LogP contribution in [0.5, 0.6) is 0 Å². The van der Waals surface area contributed by atoms with Crippen molar-refractivity contribution in [1.82, 2.24) is 10.2 Å². The number of carbonyl (C=O) groups is 2. The molecule has 0 heterocycles. The molecule has 1 unspecified atom stereocenters. The second-order valence-electron chi connectivity index (χ2n) is 9.41. The first-order chi connectivity index (χ1) is 18.3. The van der Waals surface area contributed by atoms with Crippen LogP contribution in [0.15, 0.2) is 71.6 Å². The van der Waals surface area contributed by atoms with Gasteiger partial charge in [0.25, 0.3) is 10.0 Å². The summed E-state index contributed by atoms with van der Waals surface area (Å²) >= 11 is 12.2. The molecule has 3 aromatic rings. The first-order valence-electron chi connectivity index (χ1n) is 12.2. The molecule has 0 bridgehead atoms. The zero-order valence-corrected chi connectivity index (χ0v) is 24.3. The Labute approximate surface area is 238 Å². The molecular weight excluding hydrogens is 564 g/mol. The normalized spacial score (nSPS) is 12.2. The molecule has 0 saturated carbocycles. The van der Waals surface area contributed by atoms with Gasteiger partial charge in [0, 0.05) is 12.6 Å². The van der Waals surface area contributed by atoms with Crippen LogP contribution < -0.4 is 9.62 Å². The minimum Gasteiger partial charge on any atom is -0.352 e. The zero-order valence-electron chi connectivity index (χ0n) is 22.0. The average Bonchev–Trinajstić information content (AvgIpc) is 2.87. The Morgan fingerprint density at radius 1 is 0.923 bits per heavy atom. The molecule has 0 aliphatic rings. The minimum atomic E-state index is -4.24. The van der Waals surface area contributed by atoms with Gasteiger partial charge < -0.3 is 10.2 Å². The van der Waals surface area contributed by atoms with E-state index < -0.39 is 40.2 Å². The Balaban J connectivity index is 2.04. The van der Waals surface area contributed by atoms with Crippen LogP contribution in [-0.2, 0) is 26.2 Å². The molecule has 0 aromatic heterocycles. The van der Waals surface area contributed by atoms with Gasteiger partial charge in [0.05, 0.1) is 20.6 Å². The molecule has 208 valence electrons. The number of amides is 2. The summed E-state index contributed by atoms with van der Waals surface area (Å²) < 4.78 is 42.1. The van der Waals surface area contributed by atoms with Crippen LogP contribution in [0, 0.1) is 12.7 Å². The number of benzene rings is 3. The Hall–Kier alpha value is -3.14. The second kappa shape index (κ2) is 12.8. The highest BCUT2D eigenvalue weighted by atomic mass is 35.5. The second-order valence-corrected chi connectivity index (χ2v) is 12.1. The topological polar surface area (TPSA) is 86.8 Å². The lowest BCUT2D eigenvalue weighted by Crippen LogP contribution is -2.52. The highest BCUT2D eigenvalue weighted by molar-refractivity contribution is 7.92.